The lowest BCUT2D eigenvalue weighted by molar-refractivity contribution is -0.143. The maximum Gasteiger partial charge on any atom is 0.306 e. The Bertz CT molecular complexity index is 977. The van der Waals surface area contributed by atoms with Gasteiger partial charge in [-0.2, -0.15) is 0 Å². The molecule has 1 fully saturated rings. The highest BCUT2D eigenvalue weighted by atomic mass is 16.4. The van der Waals surface area contributed by atoms with Gasteiger partial charge in [0.25, 0.3) is 5.91 Å². The standard InChI is InChI=1S/C21H20N4O3/c26-20(24-13-11-16(12-14-24)21(27)28)18-19(15-7-3-1-4-8-15)25(23-22-18)17-9-5-2-6-10-17/h1-10,16H,11-14H2,(H,27,28). The van der Waals surface area contributed by atoms with E-state index in [-0.39, 0.29) is 11.6 Å². The van der Waals surface area contributed by atoms with Crippen molar-refractivity contribution in [3.05, 3.63) is 66.4 Å². The molecule has 0 unspecified atom stereocenters. The summed E-state index contributed by atoms with van der Waals surface area (Å²) in [7, 11) is 0. The van der Waals surface area contributed by atoms with Crippen LogP contribution in [-0.4, -0.2) is 50.0 Å². The molecule has 3 aromatic rings. The number of carboxylic acids is 1. The molecule has 1 saturated heterocycles. The quantitative estimate of drug-likeness (QED) is 0.756. The van der Waals surface area contributed by atoms with Crippen LogP contribution in [0.15, 0.2) is 60.7 Å². The summed E-state index contributed by atoms with van der Waals surface area (Å²) in [4.78, 5) is 26.0. The summed E-state index contributed by atoms with van der Waals surface area (Å²) in [6, 6.07) is 19.1. The van der Waals surface area contributed by atoms with E-state index in [4.69, 9.17) is 0 Å². The molecule has 1 aromatic heterocycles. The van der Waals surface area contributed by atoms with Crippen LogP contribution in [0.2, 0.25) is 0 Å². The second-order valence-electron chi connectivity index (χ2n) is 6.80. The third-order valence-corrected chi connectivity index (χ3v) is 5.05. The van der Waals surface area contributed by atoms with Crippen molar-refractivity contribution >= 4 is 11.9 Å². The van der Waals surface area contributed by atoms with Crippen LogP contribution < -0.4 is 0 Å². The number of hydrogen-bond donors (Lipinski definition) is 1. The second kappa shape index (κ2) is 7.64. The smallest absolute Gasteiger partial charge is 0.306 e. The van der Waals surface area contributed by atoms with Crippen molar-refractivity contribution < 1.29 is 14.7 Å². The lowest BCUT2D eigenvalue weighted by atomic mass is 9.96. The van der Waals surface area contributed by atoms with Crippen LogP contribution in [0, 0.1) is 5.92 Å². The number of carboxylic acid groups (broad SMARTS) is 1. The van der Waals surface area contributed by atoms with Crippen molar-refractivity contribution in [3.8, 4) is 16.9 Å². The van der Waals surface area contributed by atoms with E-state index >= 15 is 0 Å². The zero-order chi connectivity index (χ0) is 19.5. The Morgan fingerprint density at radius 2 is 1.54 bits per heavy atom. The van der Waals surface area contributed by atoms with Crippen LogP contribution >= 0.6 is 0 Å². The molecule has 4 rings (SSSR count). The van der Waals surface area contributed by atoms with Gasteiger partial charge in [-0.05, 0) is 25.0 Å². The third-order valence-electron chi connectivity index (χ3n) is 5.05. The average Bonchev–Trinajstić information content (AvgIpc) is 3.19. The molecule has 2 aromatic carbocycles. The Kier molecular flexibility index (Phi) is 4.89. The van der Waals surface area contributed by atoms with Gasteiger partial charge in [0.2, 0.25) is 0 Å². The van der Waals surface area contributed by atoms with Crippen LogP contribution in [0.1, 0.15) is 23.3 Å². The maximum absolute atomic E-state index is 13.2. The predicted octanol–water partition coefficient (Wildman–Crippen LogP) is 2.87. The molecule has 1 aliphatic rings. The molecule has 7 nitrogen and oxygen atoms in total. The minimum absolute atomic E-state index is 0.218. The number of aromatic nitrogens is 3. The van der Waals surface area contributed by atoms with Crippen molar-refractivity contribution in [1.29, 1.82) is 0 Å². The summed E-state index contributed by atoms with van der Waals surface area (Å²) < 4.78 is 1.67. The Morgan fingerprint density at radius 3 is 2.14 bits per heavy atom. The van der Waals surface area contributed by atoms with Crippen LogP contribution in [0.3, 0.4) is 0 Å². The van der Waals surface area contributed by atoms with Gasteiger partial charge >= 0.3 is 5.97 Å². The van der Waals surface area contributed by atoms with Crippen molar-refractivity contribution in [2.75, 3.05) is 13.1 Å². The number of carbonyl (C=O) groups is 2. The van der Waals surface area contributed by atoms with Crippen molar-refractivity contribution in [3.63, 3.8) is 0 Å². The molecule has 0 spiro atoms. The SMILES string of the molecule is O=C(O)C1CCN(C(=O)c2nnn(-c3ccccc3)c2-c2ccccc2)CC1. The minimum atomic E-state index is -0.799. The first-order chi connectivity index (χ1) is 13.6. The number of likely N-dealkylation sites (tertiary alicyclic amines) is 1. The number of carbonyl (C=O) groups excluding carboxylic acids is 1. The lowest BCUT2D eigenvalue weighted by Crippen LogP contribution is -2.40. The summed E-state index contributed by atoms with van der Waals surface area (Å²) in [6.45, 7) is 0.810. The lowest BCUT2D eigenvalue weighted by Gasteiger charge is -2.29. The Labute approximate surface area is 162 Å². The number of rotatable bonds is 4. The number of hydrogen-bond acceptors (Lipinski definition) is 4. The van der Waals surface area contributed by atoms with Crippen LogP contribution in [0.4, 0.5) is 0 Å². The van der Waals surface area contributed by atoms with Crippen molar-refractivity contribution in [2.45, 2.75) is 12.8 Å². The fourth-order valence-corrected chi connectivity index (χ4v) is 3.51. The van der Waals surface area contributed by atoms with E-state index in [1.54, 1.807) is 9.58 Å². The summed E-state index contributed by atoms with van der Waals surface area (Å²) in [5.41, 5.74) is 2.58. The number of benzene rings is 2. The van der Waals surface area contributed by atoms with Gasteiger partial charge in [0.1, 0.15) is 5.69 Å². The average molecular weight is 376 g/mol. The summed E-state index contributed by atoms with van der Waals surface area (Å²) in [6.07, 6.45) is 0.906. The van der Waals surface area contributed by atoms with Crippen LogP contribution in [-0.2, 0) is 4.79 Å². The zero-order valence-corrected chi connectivity index (χ0v) is 15.2. The van der Waals surface area contributed by atoms with Crippen molar-refractivity contribution in [1.82, 2.24) is 19.9 Å². The van der Waals surface area contributed by atoms with Gasteiger partial charge in [-0.25, -0.2) is 4.68 Å². The minimum Gasteiger partial charge on any atom is -0.481 e. The predicted molar refractivity (Wildman–Crippen MR) is 103 cm³/mol. The molecule has 0 radical (unpaired) electrons. The highest BCUT2D eigenvalue weighted by molar-refractivity contribution is 5.98. The van der Waals surface area contributed by atoms with Gasteiger partial charge in [-0.3, -0.25) is 9.59 Å². The summed E-state index contributed by atoms with van der Waals surface area (Å²) in [5.74, 6) is -1.41. The highest BCUT2D eigenvalue weighted by Crippen LogP contribution is 2.27. The first kappa shape index (κ1) is 17.9. The second-order valence-corrected chi connectivity index (χ2v) is 6.80. The number of amides is 1. The molecule has 0 atom stereocenters. The van der Waals surface area contributed by atoms with Gasteiger partial charge in [0, 0.05) is 18.7 Å². The van der Waals surface area contributed by atoms with Crippen molar-refractivity contribution in [2.24, 2.45) is 5.92 Å². The van der Waals surface area contributed by atoms with E-state index in [1.807, 2.05) is 60.7 Å². The zero-order valence-electron chi connectivity index (χ0n) is 15.2. The molecular formula is C21H20N4O3. The molecule has 2 heterocycles. The number of nitrogens with zero attached hydrogens (tertiary/aromatic N) is 4. The summed E-state index contributed by atoms with van der Waals surface area (Å²) in [5, 5.41) is 17.6. The van der Waals surface area contributed by atoms with E-state index in [2.05, 4.69) is 10.3 Å². The van der Waals surface area contributed by atoms with E-state index in [0.717, 1.165) is 11.3 Å². The fourth-order valence-electron chi connectivity index (χ4n) is 3.51. The van der Waals surface area contributed by atoms with E-state index in [0.29, 0.717) is 31.6 Å². The Morgan fingerprint density at radius 1 is 0.929 bits per heavy atom. The molecule has 1 amide bonds. The van der Waals surface area contributed by atoms with Gasteiger partial charge in [0.05, 0.1) is 11.6 Å². The molecule has 28 heavy (non-hydrogen) atoms. The first-order valence-corrected chi connectivity index (χ1v) is 9.24. The molecular weight excluding hydrogens is 356 g/mol. The molecule has 1 N–H and O–H groups in total. The van der Waals surface area contributed by atoms with E-state index < -0.39 is 11.9 Å². The number of piperidine rings is 1. The molecule has 1 aliphatic heterocycles. The molecule has 0 aliphatic carbocycles. The van der Waals surface area contributed by atoms with E-state index in [9.17, 15) is 14.7 Å². The maximum atomic E-state index is 13.2. The monoisotopic (exact) mass is 376 g/mol. The number of aliphatic carboxylic acids is 1. The van der Waals surface area contributed by atoms with Gasteiger partial charge in [0.15, 0.2) is 5.69 Å². The van der Waals surface area contributed by atoms with Crippen LogP contribution in [0.25, 0.3) is 16.9 Å². The molecule has 0 saturated carbocycles. The van der Waals surface area contributed by atoms with E-state index in [1.165, 1.54) is 0 Å². The largest absolute Gasteiger partial charge is 0.481 e. The fraction of sp³-hybridized carbons (Fsp3) is 0.238. The summed E-state index contributed by atoms with van der Waals surface area (Å²) >= 11 is 0. The highest BCUT2D eigenvalue weighted by Gasteiger charge is 2.31. The molecule has 142 valence electrons. The Balaban J connectivity index is 1.71. The number of para-hydroxylation sites is 1. The molecule has 7 heteroatoms. The van der Waals surface area contributed by atoms with Crippen LogP contribution in [0.5, 0.6) is 0 Å². The van der Waals surface area contributed by atoms with Gasteiger partial charge < -0.3 is 10.0 Å². The molecule has 0 bridgehead atoms. The third kappa shape index (κ3) is 3.38. The first-order valence-electron chi connectivity index (χ1n) is 9.24. The van der Waals surface area contributed by atoms with Gasteiger partial charge in [-0.15, -0.1) is 5.10 Å². The normalized spacial score (nSPS) is 14.8. The topological polar surface area (TPSA) is 88.3 Å². The van der Waals surface area contributed by atoms with Gasteiger partial charge in [-0.1, -0.05) is 53.7 Å². The Hall–Kier alpha value is -3.48.